The molecule has 0 saturated heterocycles. The van der Waals surface area contributed by atoms with Crippen molar-refractivity contribution < 1.29 is 5.11 Å². The summed E-state index contributed by atoms with van der Waals surface area (Å²) in [7, 11) is 4.05. The first-order valence-electron chi connectivity index (χ1n) is 4.91. The summed E-state index contributed by atoms with van der Waals surface area (Å²) in [5.41, 5.74) is 2.45. The Kier molecular flexibility index (Phi) is 2.33. The molecule has 2 N–H and O–H groups in total. The summed E-state index contributed by atoms with van der Waals surface area (Å²) in [4.78, 5) is 2.18. The van der Waals surface area contributed by atoms with Gasteiger partial charge in [-0.3, -0.25) is 0 Å². The number of nitrogens with one attached hydrogen (secondary N) is 1. The first-order chi connectivity index (χ1) is 6.70. The molecule has 0 spiro atoms. The number of likely N-dealkylation sites (N-methyl/N-ethyl adjacent to an activating group) is 2. The standard InChI is InChI=1S/C11H16N2O/c1-12-9-5-8-3-4-10(14)6-11(8)13(2)7-9/h3-4,6,9,12,14H,5,7H2,1-2H3. The van der Waals surface area contributed by atoms with E-state index in [0.29, 0.717) is 11.8 Å². The monoisotopic (exact) mass is 192 g/mol. The third-order valence-corrected chi connectivity index (χ3v) is 2.85. The van der Waals surface area contributed by atoms with Crippen LogP contribution in [0.15, 0.2) is 18.2 Å². The van der Waals surface area contributed by atoms with Crippen LogP contribution in [-0.4, -0.2) is 31.8 Å². The van der Waals surface area contributed by atoms with Crippen LogP contribution in [0, 0.1) is 0 Å². The molecule has 0 radical (unpaired) electrons. The lowest BCUT2D eigenvalue weighted by Crippen LogP contribution is -2.43. The molecule has 1 aromatic rings. The number of hydrogen-bond acceptors (Lipinski definition) is 3. The van der Waals surface area contributed by atoms with Gasteiger partial charge >= 0.3 is 0 Å². The van der Waals surface area contributed by atoms with Crippen LogP contribution in [0.4, 0.5) is 5.69 Å². The summed E-state index contributed by atoms with van der Waals surface area (Å²) in [6.07, 6.45) is 1.04. The van der Waals surface area contributed by atoms with E-state index in [2.05, 4.69) is 17.3 Å². The van der Waals surface area contributed by atoms with Crippen LogP contribution in [0.5, 0.6) is 5.75 Å². The van der Waals surface area contributed by atoms with E-state index in [9.17, 15) is 5.11 Å². The van der Waals surface area contributed by atoms with Crippen LogP contribution in [0.3, 0.4) is 0 Å². The number of aromatic hydroxyl groups is 1. The van der Waals surface area contributed by atoms with Crippen molar-refractivity contribution >= 4 is 5.69 Å². The zero-order chi connectivity index (χ0) is 10.1. The molecule has 1 atom stereocenters. The van der Waals surface area contributed by atoms with Crippen molar-refractivity contribution in [3.05, 3.63) is 23.8 Å². The van der Waals surface area contributed by atoms with Gasteiger partial charge in [0.1, 0.15) is 5.75 Å². The lowest BCUT2D eigenvalue weighted by molar-refractivity contribution is 0.473. The van der Waals surface area contributed by atoms with E-state index in [1.165, 1.54) is 5.56 Å². The van der Waals surface area contributed by atoms with Gasteiger partial charge in [0.2, 0.25) is 0 Å². The molecule has 1 aliphatic rings. The number of phenolic OH excluding ortho intramolecular Hbond substituents is 1. The molecule has 0 saturated carbocycles. The smallest absolute Gasteiger partial charge is 0.117 e. The molecule has 1 heterocycles. The van der Waals surface area contributed by atoms with Crippen molar-refractivity contribution in [2.24, 2.45) is 0 Å². The fraction of sp³-hybridized carbons (Fsp3) is 0.455. The number of hydrogen-bond donors (Lipinski definition) is 2. The fourth-order valence-corrected chi connectivity index (χ4v) is 2.03. The van der Waals surface area contributed by atoms with Crippen LogP contribution in [0.25, 0.3) is 0 Å². The largest absolute Gasteiger partial charge is 0.508 e. The van der Waals surface area contributed by atoms with E-state index in [0.717, 1.165) is 18.7 Å². The maximum absolute atomic E-state index is 9.39. The second-order valence-corrected chi connectivity index (χ2v) is 3.88. The molecule has 0 aliphatic carbocycles. The molecule has 0 fully saturated rings. The average Bonchev–Trinajstić information content (AvgIpc) is 2.19. The van der Waals surface area contributed by atoms with Gasteiger partial charge in [-0.2, -0.15) is 0 Å². The number of anilines is 1. The minimum absolute atomic E-state index is 0.346. The number of rotatable bonds is 1. The van der Waals surface area contributed by atoms with Gasteiger partial charge in [0, 0.05) is 31.4 Å². The van der Waals surface area contributed by atoms with Crippen molar-refractivity contribution in [3.63, 3.8) is 0 Å². The van der Waals surface area contributed by atoms with E-state index in [1.807, 2.05) is 19.2 Å². The quantitative estimate of drug-likeness (QED) is 0.696. The van der Waals surface area contributed by atoms with E-state index >= 15 is 0 Å². The SMILES string of the molecule is CNC1Cc2ccc(O)cc2N(C)C1. The zero-order valence-corrected chi connectivity index (χ0v) is 8.62. The Balaban J connectivity index is 2.35. The van der Waals surface area contributed by atoms with Gasteiger partial charge in [0.15, 0.2) is 0 Å². The molecule has 0 aromatic heterocycles. The Morgan fingerprint density at radius 3 is 3.00 bits per heavy atom. The van der Waals surface area contributed by atoms with Crippen LogP contribution < -0.4 is 10.2 Å². The molecule has 0 amide bonds. The van der Waals surface area contributed by atoms with Crippen LogP contribution in [0.2, 0.25) is 0 Å². The fourth-order valence-electron chi connectivity index (χ4n) is 2.03. The first kappa shape index (κ1) is 9.34. The summed E-state index contributed by atoms with van der Waals surface area (Å²) in [6.45, 7) is 0.993. The minimum atomic E-state index is 0.346. The van der Waals surface area contributed by atoms with E-state index < -0.39 is 0 Å². The summed E-state index contributed by atoms with van der Waals surface area (Å²) in [5.74, 6) is 0.346. The minimum Gasteiger partial charge on any atom is -0.508 e. The summed E-state index contributed by atoms with van der Waals surface area (Å²) in [6, 6.07) is 6.10. The molecule has 3 nitrogen and oxygen atoms in total. The van der Waals surface area contributed by atoms with Crippen LogP contribution in [-0.2, 0) is 6.42 Å². The Hall–Kier alpha value is -1.22. The van der Waals surface area contributed by atoms with Gasteiger partial charge in [0.05, 0.1) is 0 Å². The van der Waals surface area contributed by atoms with Crippen LogP contribution >= 0.6 is 0 Å². The molecule has 14 heavy (non-hydrogen) atoms. The number of fused-ring (bicyclic) bond motifs is 1. The predicted octanol–water partition coefficient (Wildman–Crippen LogP) is 0.972. The van der Waals surface area contributed by atoms with E-state index in [-0.39, 0.29) is 0 Å². The number of phenols is 1. The van der Waals surface area contributed by atoms with Gasteiger partial charge in [-0.05, 0) is 25.1 Å². The normalized spacial score (nSPS) is 20.7. The highest BCUT2D eigenvalue weighted by atomic mass is 16.3. The van der Waals surface area contributed by atoms with E-state index in [1.54, 1.807) is 6.07 Å². The highest BCUT2D eigenvalue weighted by Gasteiger charge is 2.20. The van der Waals surface area contributed by atoms with Crippen molar-refractivity contribution in [1.29, 1.82) is 0 Å². The van der Waals surface area contributed by atoms with Gasteiger partial charge < -0.3 is 15.3 Å². The Morgan fingerprint density at radius 1 is 1.50 bits per heavy atom. The molecule has 0 bridgehead atoms. The van der Waals surface area contributed by atoms with Gasteiger partial charge in [-0.15, -0.1) is 0 Å². The molecular weight excluding hydrogens is 176 g/mol. The molecular formula is C11H16N2O. The van der Waals surface area contributed by atoms with Crippen molar-refractivity contribution in [2.45, 2.75) is 12.5 Å². The summed E-state index contributed by atoms with van der Waals surface area (Å²) >= 11 is 0. The van der Waals surface area contributed by atoms with Crippen molar-refractivity contribution in [3.8, 4) is 5.75 Å². The summed E-state index contributed by atoms with van der Waals surface area (Å²) < 4.78 is 0. The molecule has 2 rings (SSSR count). The Morgan fingerprint density at radius 2 is 2.29 bits per heavy atom. The van der Waals surface area contributed by atoms with Crippen molar-refractivity contribution in [1.82, 2.24) is 5.32 Å². The third-order valence-electron chi connectivity index (χ3n) is 2.85. The highest BCUT2D eigenvalue weighted by molar-refractivity contribution is 5.58. The van der Waals surface area contributed by atoms with Gasteiger partial charge in [0.25, 0.3) is 0 Å². The Bertz CT molecular complexity index is 338. The molecule has 1 aromatic carbocycles. The third kappa shape index (κ3) is 1.55. The summed E-state index contributed by atoms with van der Waals surface area (Å²) in [5, 5.41) is 12.7. The van der Waals surface area contributed by atoms with Gasteiger partial charge in [-0.1, -0.05) is 6.07 Å². The Labute approximate surface area is 84.4 Å². The first-order valence-corrected chi connectivity index (χ1v) is 4.91. The van der Waals surface area contributed by atoms with Crippen LogP contribution in [0.1, 0.15) is 5.56 Å². The number of nitrogens with zero attached hydrogens (tertiary/aromatic N) is 1. The zero-order valence-electron chi connectivity index (χ0n) is 8.62. The number of benzene rings is 1. The van der Waals surface area contributed by atoms with Gasteiger partial charge in [-0.25, -0.2) is 0 Å². The average molecular weight is 192 g/mol. The molecule has 3 heteroatoms. The van der Waals surface area contributed by atoms with E-state index in [4.69, 9.17) is 0 Å². The second-order valence-electron chi connectivity index (χ2n) is 3.88. The second kappa shape index (κ2) is 3.50. The molecule has 1 unspecified atom stereocenters. The lowest BCUT2D eigenvalue weighted by atomic mass is 9.98. The topological polar surface area (TPSA) is 35.5 Å². The van der Waals surface area contributed by atoms with Crippen molar-refractivity contribution in [2.75, 3.05) is 25.5 Å². The predicted molar refractivity (Wildman–Crippen MR) is 57.9 cm³/mol. The molecule has 1 aliphatic heterocycles. The molecule has 76 valence electrons. The highest BCUT2D eigenvalue weighted by Crippen LogP contribution is 2.29. The maximum Gasteiger partial charge on any atom is 0.117 e. The maximum atomic E-state index is 9.39. The lowest BCUT2D eigenvalue weighted by Gasteiger charge is -2.33.